The second-order valence-electron chi connectivity index (χ2n) is 5.73. The van der Waals surface area contributed by atoms with Crippen LogP contribution in [0.1, 0.15) is 15.9 Å². The quantitative estimate of drug-likeness (QED) is 0.557. The number of para-hydroxylation sites is 1. The highest BCUT2D eigenvalue weighted by Gasteiger charge is 2.19. The number of aryl methyl sites for hydroxylation is 1. The normalized spacial score (nSPS) is 11.2. The first-order chi connectivity index (χ1) is 12.4. The van der Waals surface area contributed by atoms with Crippen LogP contribution in [0.15, 0.2) is 53.3 Å². The van der Waals surface area contributed by atoms with E-state index in [4.69, 9.17) is 4.74 Å². The summed E-state index contributed by atoms with van der Waals surface area (Å²) in [7, 11) is 2.97. The van der Waals surface area contributed by atoms with Gasteiger partial charge in [-0.3, -0.25) is 9.59 Å². The fraction of sp³-hybridized carbons (Fsp3) is 0.100. The van der Waals surface area contributed by atoms with Crippen molar-refractivity contribution in [2.45, 2.75) is 0 Å². The smallest absolute Gasteiger partial charge is 0.265 e. The van der Waals surface area contributed by atoms with Gasteiger partial charge < -0.3 is 19.5 Å². The highest BCUT2D eigenvalue weighted by molar-refractivity contribution is 6.11. The van der Waals surface area contributed by atoms with Crippen LogP contribution in [-0.2, 0) is 7.05 Å². The van der Waals surface area contributed by atoms with E-state index >= 15 is 0 Å². The number of phenols is 1. The number of carbonyl (C=O) groups is 1. The molecule has 0 saturated carbocycles. The van der Waals surface area contributed by atoms with E-state index in [0.29, 0.717) is 16.5 Å². The Morgan fingerprint density at radius 1 is 1.15 bits per heavy atom. The van der Waals surface area contributed by atoms with Crippen molar-refractivity contribution in [2.75, 3.05) is 7.11 Å². The van der Waals surface area contributed by atoms with Gasteiger partial charge in [-0.05, 0) is 35.9 Å². The lowest BCUT2D eigenvalue weighted by molar-refractivity contribution is 0.104. The zero-order valence-corrected chi connectivity index (χ0v) is 14.3. The summed E-state index contributed by atoms with van der Waals surface area (Å²) >= 11 is 0. The molecule has 0 aliphatic carbocycles. The molecule has 0 atom stereocenters. The average molecular weight is 351 g/mol. The summed E-state index contributed by atoms with van der Waals surface area (Å²) in [4.78, 5) is 25.0. The Morgan fingerprint density at radius 2 is 1.88 bits per heavy atom. The van der Waals surface area contributed by atoms with Crippen molar-refractivity contribution in [3.63, 3.8) is 0 Å². The maximum atomic E-state index is 12.5. The first-order valence-electron chi connectivity index (χ1n) is 7.84. The number of nitrogens with zero attached hydrogens (tertiary/aromatic N) is 1. The zero-order chi connectivity index (χ0) is 18.8. The Bertz CT molecular complexity index is 1100. The first-order valence-corrected chi connectivity index (χ1v) is 7.84. The van der Waals surface area contributed by atoms with Gasteiger partial charge in [-0.25, -0.2) is 0 Å². The Morgan fingerprint density at radius 3 is 2.62 bits per heavy atom. The fourth-order valence-electron chi connectivity index (χ4n) is 2.75. The zero-order valence-electron chi connectivity index (χ0n) is 14.3. The molecular weight excluding hydrogens is 334 g/mol. The number of benzene rings is 2. The van der Waals surface area contributed by atoms with E-state index in [-0.39, 0.29) is 22.8 Å². The van der Waals surface area contributed by atoms with Crippen molar-refractivity contribution in [1.82, 2.24) is 4.57 Å². The van der Waals surface area contributed by atoms with Gasteiger partial charge in [-0.15, -0.1) is 0 Å². The third kappa shape index (κ3) is 2.93. The lowest BCUT2D eigenvalue weighted by Gasteiger charge is -2.09. The van der Waals surface area contributed by atoms with Crippen LogP contribution in [0.25, 0.3) is 17.0 Å². The van der Waals surface area contributed by atoms with Crippen LogP contribution in [0, 0.1) is 0 Å². The third-order valence-electron chi connectivity index (χ3n) is 4.15. The highest BCUT2D eigenvalue weighted by atomic mass is 16.5. The number of fused-ring (bicyclic) bond motifs is 1. The van der Waals surface area contributed by atoms with Crippen LogP contribution in [0.4, 0.5) is 0 Å². The molecule has 6 nitrogen and oxygen atoms in total. The monoisotopic (exact) mass is 351 g/mol. The molecule has 0 radical (unpaired) electrons. The van der Waals surface area contributed by atoms with Crippen molar-refractivity contribution >= 4 is 22.8 Å². The van der Waals surface area contributed by atoms with Gasteiger partial charge in [0.2, 0.25) is 0 Å². The number of aromatic nitrogens is 1. The van der Waals surface area contributed by atoms with E-state index in [1.165, 1.54) is 29.9 Å². The van der Waals surface area contributed by atoms with Gasteiger partial charge in [-0.1, -0.05) is 24.3 Å². The summed E-state index contributed by atoms with van der Waals surface area (Å²) in [6.45, 7) is 0. The lowest BCUT2D eigenvalue weighted by Crippen LogP contribution is -2.24. The number of hydrogen-bond donors (Lipinski definition) is 2. The number of allylic oxidation sites excluding steroid dienone is 1. The first kappa shape index (κ1) is 17.3. The van der Waals surface area contributed by atoms with Crippen molar-refractivity contribution in [2.24, 2.45) is 7.05 Å². The minimum atomic E-state index is -0.610. The molecule has 132 valence electrons. The minimum Gasteiger partial charge on any atom is -0.506 e. The maximum absolute atomic E-state index is 12.5. The molecule has 0 bridgehead atoms. The van der Waals surface area contributed by atoms with E-state index in [2.05, 4.69) is 0 Å². The topological polar surface area (TPSA) is 88.8 Å². The summed E-state index contributed by atoms with van der Waals surface area (Å²) in [6.07, 6.45) is 2.69. The van der Waals surface area contributed by atoms with Crippen LogP contribution < -0.4 is 10.3 Å². The predicted molar refractivity (Wildman–Crippen MR) is 98.9 cm³/mol. The summed E-state index contributed by atoms with van der Waals surface area (Å²) in [5.41, 5.74) is 0.288. The van der Waals surface area contributed by atoms with Crippen molar-refractivity contribution in [3.05, 3.63) is 70.0 Å². The second kappa shape index (κ2) is 6.76. The number of methoxy groups -OCH3 is 1. The molecule has 1 aromatic heterocycles. The summed E-state index contributed by atoms with van der Waals surface area (Å²) in [6, 6.07) is 11.4. The number of aromatic hydroxyl groups is 2. The number of pyridine rings is 1. The number of ether oxygens (including phenoxy) is 1. The van der Waals surface area contributed by atoms with Gasteiger partial charge >= 0.3 is 0 Å². The fourth-order valence-corrected chi connectivity index (χ4v) is 2.75. The molecule has 3 rings (SSSR count). The van der Waals surface area contributed by atoms with E-state index in [1.807, 2.05) is 0 Å². The Balaban J connectivity index is 2.04. The Kier molecular flexibility index (Phi) is 4.49. The SMILES string of the molecule is COc1cc(/C=C/C(=O)c2c(O)c3ccccc3n(C)c2=O)ccc1O. The van der Waals surface area contributed by atoms with Gasteiger partial charge in [0.1, 0.15) is 11.3 Å². The third-order valence-corrected chi connectivity index (χ3v) is 4.15. The molecule has 3 aromatic rings. The molecular formula is C20H17NO5. The molecule has 0 saturated heterocycles. The molecule has 0 aliphatic heterocycles. The van der Waals surface area contributed by atoms with E-state index in [9.17, 15) is 19.8 Å². The molecule has 26 heavy (non-hydrogen) atoms. The van der Waals surface area contributed by atoms with Gasteiger partial charge in [0, 0.05) is 12.4 Å². The molecule has 0 unspecified atom stereocenters. The van der Waals surface area contributed by atoms with E-state index in [0.717, 1.165) is 0 Å². The molecule has 0 fully saturated rings. The molecule has 6 heteroatoms. The van der Waals surface area contributed by atoms with Crippen LogP contribution >= 0.6 is 0 Å². The van der Waals surface area contributed by atoms with Crippen LogP contribution in [0.2, 0.25) is 0 Å². The summed E-state index contributed by atoms with van der Waals surface area (Å²) < 4.78 is 6.35. The molecule has 0 aliphatic rings. The Hall–Kier alpha value is -3.54. The second-order valence-corrected chi connectivity index (χ2v) is 5.73. The summed E-state index contributed by atoms with van der Waals surface area (Å²) in [5, 5.41) is 20.4. The molecule has 1 heterocycles. The predicted octanol–water partition coefficient (Wildman–Crippen LogP) is 2.85. The van der Waals surface area contributed by atoms with Crippen molar-refractivity contribution < 1.29 is 19.7 Å². The van der Waals surface area contributed by atoms with Crippen LogP contribution in [0.5, 0.6) is 17.2 Å². The van der Waals surface area contributed by atoms with Crippen LogP contribution in [0.3, 0.4) is 0 Å². The van der Waals surface area contributed by atoms with Gasteiger partial charge in [0.25, 0.3) is 5.56 Å². The number of phenolic OH excluding ortho intramolecular Hbond substituents is 1. The molecule has 2 N–H and O–H groups in total. The van der Waals surface area contributed by atoms with Crippen molar-refractivity contribution in [3.8, 4) is 17.2 Å². The summed E-state index contributed by atoms with van der Waals surface area (Å²) in [5.74, 6) is -0.691. The highest BCUT2D eigenvalue weighted by Crippen LogP contribution is 2.28. The molecule has 0 spiro atoms. The number of rotatable bonds is 4. The molecule has 2 aromatic carbocycles. The number of hydrogen-bond acceptors (Lipinski definition) is 5. The van der Waals surface area contributed by atoms with E-state index in [1.54, 1.807) is 43.4 Å². The van der Waals surface area contributed by atoms with E-state index < -0.39 is 11.3 Å². The maximum Gasteiger partial charge on any atom is 0.265 e. The van der Waals surface area contributed by atoms with Gasteiger partial charge in [0.05, 0.1) is 12.6 Å². The van der Waals surface area contributed by atoms with Crippen molar-refractivity contribution in [1.29, 1.82) is 0 Å². The van der Waals surface area contributed by atoms with Gasteiger partial charge in [0.15, 0.2) is 17.3 Å². The standard InChI is InChI=1S/C20H17NO5/c1-21-14-6-4-3-5-13(14)19(24)18(20(21)25)16(23)10-8-12-7-9-15(22)17(11-12)26-2/h3-11,22,24H,1-2H3/b10-8+. The lowest BCUT2D eigenvalue weighted by atomic mass is 10.1. The average Bonchev–Trinajstić information content (AvgIpc) is 2.65. The minimum absolute atomic E-state index is 0.0166. The van der Waals surface area contributed by atoms with Gasteiger partial charge in [-0.2, -0.15) is 0 Å². The molecule has 0 amide bonds. The van der Waals surface area contributed by atoms with Crippen LogP contribution in [-0.4, -0.2) is 27.7 Å². The Labute approximate surface area is 149 Å². The number of carbonyl (C=O) groups excluding carboxylic acids is 1. The number of ketones is 1. The largest absolute Gasteiger partial charge is 0.506 e.